The largest absolute Gasteiger partial charge is 0.493 e. The zero-order valence-electron chi connectivity index (χ0n) is 37.5. The van der Waals surface area contributed by atoms with Gasteiger partial charge in [-0.25, -0.2) is 19.9 Å². The van der Waals surface area contributed by atoms with E-state index in [-0.39, 0.29) is 0 Å². The molecule has 0 amide bonds. The molecule has 6 aromatic rings. The molecule has 0 aliphatic heterocycles. The molecular formula is C54H66N4O3. The Balaban J connectivity index is 1.21. The lowest BCUT2D eigenvalue weighted by atomic mass is 9.97. The van der Waals surface area contributed by atoms with Gasteiger partial charge in [0.2, 0.25) is 0 Å². The Morgan fingerprint density at radius 2 is 0.836 bits per heavy atom. The number of unbranched alkanes of at least 4 members (excludes halogenated alkanes) is 4. The molecule has 0 N–H and O–H groups in total. The van der Waals surface area contributed by atoms with E-state index in [4.69, 9.17) is 34.1 Å². The highest BCUT2D eigenvalue weighted by molar-refractivity contribution is 5.73. The highest BCUT2D eigenvalue weighted by atomic mass is 16.5. The van der Waals surface area contributed by atoms with Gasteiger partial charge in [0.1, 0.15) is 11.5 Å². The van der Waals surface area contributed by atoms with E-state index in [0.29, 0.717) is 38.3 Å². The highest BCUT2D eigenvalue weighted by Gasteiger charge is 2.14. The van der Waals surface area contributed by atoms with E-state index in [0.717, 1.165) is 93.3 Å². The number of ether oxygens (including phenoxy) is 3. The van der Waals surface area contributed by atoms with Gasteiger partial charge in [-0.15, -0.1) is 0 Å². The van der Waals surface area contributed by atoms with Gasteiger partial charge in [-0.1, -0.05) is 141 Å². The second kappa shape index (κ2) is 23.6. The van der Waals surface area contributed by atoms with Crippen LogP contribution in [0.4, 0.5) is 0 Å². The molecule has 320 valence electrons. The molecule has 61 heavy (non-hydrogen) atoms. The first kappa shape index (κ1) is 45.1. The minimum absolute atomic E-state index is 0.432. The van der Waals surface area contributed by atoms with Gasteiger partial charge in [-0.3, -0.25) is 0 Å². The van der Waals surface area contributed by atoms with Crippen LogP contribution in [0.2, 0.25) is 0 Å². The van der Waals surface area contributed by atoms with Crippen molar-refractivity contribution < 1.29 is 14.2 Å². The van der Waals surface area contributed by atoms with Crippen molar-refractivity contribution in [1.29, 1.82) is 0 Å². The molecular weight excluding hydrogens is 753 g/mol. The fourth-order valence-corrected chi connectivity index (χ4v) is 7.09. The third-order valence-electron chi connectivity index (χ3n) is 11.6. The summed E-state index contributed by atoms with van der Waals surface area (Å²) in [4.78, 5) is 18.8. The molecule has 2 atom stereocenters. The van der Waals surface area contributed by atoms with Crippen LogP contribution >= 0.6 is 0 Å². The van der Waals surface area contributed by atoms with Crippen LogP contribution in [0.5, 0.6) is 11.5 Å². The summed E-state index contributed by atoms with van der Waals surface area (Å²) in [5, 5.41) is 0. The summed E-state index contributed by atoms with van der Waals surface area (Å²) >= 11 is 0. The van der Waals surface area contributed by atoms with Crippen molar-refractivity contribution in [3.63, 3.8) is 0 Å². The Bertz CT molecular complexity index is 2040. The van der Waals surface area contributed by atoms with E-state index >= 15 is 0 Å². The molecule has 0 radical (unpaired) electrons. The van der Waals surface area contributed by atoms with Crippen LogP contribution in [-0.2, 0) is 30.8 Å². The molecule has 2 unspecified atom stereocenters. The minimum atomic E-state index is 0.432. The van der Waals surface area contributed by atoms with Crippen LogP contribution in [0.1, 0.15) is 115 Å². The highest BCUT2D eigenvalue weighted by Crippen LogP contribution is 2.33. The number of benzene rings is 4. The van der Waals surface area contributed by atoms with E-state index in [2.05, 4.69) is 126 Å². The van der Waals surface area contributed by atoms with Gasteiger partial charge in [0.15, 0.2) is 11.6 Å². The maximum atomic E-state index is 6.60. The van der Waals surface area contributed by atoms with Crippen LogP contribution in [0, 0.1) is 11.8 Å². The van der Waals surface area contributed by atoms with Gasteiger partial charge in [0.25, 0.3) is 0 Å². The lowest BCUT2D eigenvalue weighted by Crippen LogP contribution is -2.08. The predicted molar refractivity (Wildman–Crippen MR) is 251 cm³/mol. The number of rotatable bonds is 24. The topological polar surface area (TPSA) is 79.2 Å². The first-order valence-corrected chi connectivity index (χ1v) is 22.8. The fourth-order valence-electron chi connectivity index (χ4n) is 7.09. The molecule has 0 bridgehead atoms. The predicted octanol–water partition coefficient (Wildman–Crippen LogP) is 14.0. The van der Waals surface area contributed by atoms with Gasteiger partial charge in [0, 0.05) is 35.9 Å². The summed E-state index contributed by atoms with van der Waals surface area (Å²) in [5.41, 5.74) is 10.9. The van der Waals surface area contributed by atoms with Crippen LogP contribution in [0.25, 0.3) is 45.0 Å². The average Bonchev–Trinajstić information content (AvgIpc) is 3.31. The van der Waals surface area contributed by atoms with E-state index in [1.807, 2.05) is 24.8 Å². The standard InChI is InChI=1S/C54H66N4O3/c1-7-11-13-15-41-31-55-53(56-32-41)45-21-17-43(18-22-45)51-29-49(60-35-39(5)9-3)27-25-47(51)37-59-38-48-26-28-50(61-36-40(6)10-4)30-52(48)44-19-23-46(24-20-44)54-57-33-42(34-58-54)16-14-12-8-2/h17-34,39-40H,7-16,35-38H2,1-6H3. The molecule has 7 nitrogen and oxygen atoms in total. The van der Waals surface area contributed by atoms with Crippen molar-refractivity contribution in [3.8, 4) is 56.5 Å². The molecule has 0 fully saturated rings. The molecule has 0 saturated heterocycles. The number of hydrogen-bond donors (Lipinski definition) is 0. The van der Waals surface area contributed by atoms with E-state index in [1.54, 1.807) is 0 Å². The van der Waals surface area contributed by atoms with Crippen molar-refractivity contribution in [2.24, 2.45) is 11.8 Å². The van der Waals surface area contributed by atoms with Crippen molar-refractivity contribution in [2.45, 2.75) is 119 Å². The Morgan fingerprint density at radius 1 is 0.459 bits per heavy atom. The lowest BCUT2D eigenvalue weighted by Gasteiger charge is -2.17. The molecule has 6 rings (SSSR count). The molecule has 0 saturated carbocycles. The molecule has 0 aliphatic rings. The summed E-state index contributed by atoms with van der Waals surface area (Å²) in [7, 11) is 0. The van der Waals surface area contributed by atoms with Gasteiger partial charge in [-0.2, -0.15) is 0 Å². The number of hydrogen-bond acceptors (Lipinski definition) is 7. The van der Waals surface area contributed by atoms with Crippen LogP contribution in [0.3, 0.4) is 0 Å². The Morgan fingerprint density at radius 3 is 1.20 bits per heavy atom. The van der Waals surface area contributed by atoms with Crippen molar-refractivity contribution in [1.82, 2.24) is 19.9 Å². The summed E-state index contributed by atoms with van der Waals surface area (Å²) in [6.07, 6.45) is 19.2. The second-order valence-corrected chi connectivity index (χ2v) is 16.7. The monoisotopic (exact) mass is 819 g/mol. The van der Waals surface area contributed by atoms with Gasteiger partial charge >= 0.3 is 0 Å². The minimum Gasteiger partial charge on any atom is -0.493 e. The fraction of sp³-hybridized carbons (Fsp3) is 0.407. The SMILES string of the molecule is CCCCCc1cnc(-c2ccc(-c3cc(OCC(C)CC)ccc3COCc3ccc(OCC(C)CC)cc3-c3ccc(-c4ncc(CCCCC)cn4)cc3)cc2)nc1. The van der Waals surface area contributed by atoms with E-state index in [1.165, 1.54) is 49.7 Å². The van der Waals surface area contributed by atoms with Crippen molar-refractivity contribution in [3.05, 3.63) is 132 Å². The Hall–Kier alpha value is -5.40. The van der Waals surface area contributed by atoms with Gasteiger partial charge < -0.3 is 14.2 Å². The second-order valence-electron chi connectivity index (χ2n) is 16.7. The van der Waals surface area contributed by atoms with E-state index in [9.17, 15) is 0 Å². The maximum Gasteiger partial charge on any atom is 0.159 e. The van der Waals surface area contributed by atoms with Gasteiger partial charge in [0.05, 0.1) is 26.4 Å². The normalized spacial score (nSPS) is 12.3. The van der Waals surface area contributed by atoms with Crippen LogP contribution < -0.4 is 9.47 Å². The van der Waals surface area contributed by atoms with Crippen molar-refractivity contribution >= 4 is 0 Å². The van der Waals surface area contributed by atoms with E-state index < -0.39 is 0 Å². The molecule has 4 aromatic carbocycles. The maximum absolute atomic E-state index is 6.60. The molecule has 0 spiro atoms. The molecule has 2 aromatic heterocycles. The Kier molecular flexibility index (Phi) is 17.4. The van der Waals surface area contributed by atoms with Crippen LogP contribution in [-0.4, -0.2) is 33.1 Å². The zero-order valence-corrected chi connectivity index (χ0v) is 37.5. The Labute approximate surface area is 365 Å². The average molecular weight is 819 g/mol. The first-order valence-electron chi connectivity index (χ1n) is 22.8. The zero-order chi connectivity index (χ0) is 42.8. The molecule has 0 aliphatic carbocycles. The third-order valence-corrected chi connectivity index (χ3v) is 11.6. The lowest BCUT2D eigenvalue weighted by molar-refractivity contribution is 0.107. The van der Waals surface area contributed by atoms with Crippen molar-refractivity contribution in [2.75, 3.05) is 13.2 Å². The summed E-state index contributed by atoms with van der Waals surface area (Å²) in [5.74, 6) is 4.14. The third kappa shape index (κ3) is 13.3. The number of aryl methyl sites for hydroxylation is 2. The first-order chi connectivity index (χ1) is 29.9. The summed E-state index contributed by atoms with van der Waals surface area (Å²) < 4.78 is 19.2. The van der Waals surface area contributed by atoms with Gasteiger partial charge in [-0.05, 0) is 106 Å². The summed E-state index contributed by atoms with van der Waals surface area (Å²) in [6.45, 7) is 15.5. The smallest absolute Gasteiger partial charge is 0.159 e. The molecule has 2 heterocycles. The van der Waals surface area contributed by atoms with Crippen LogP contribution in [0.15, 0.2) is 110 Å². The quantitative estimate of drug-likeness (QED) is 0.0563. The number of aromatic nitrogens is 4. The number of nitrogens with zero attached hydrogens (tertiary/aromatic N) is 4. The molecule has 7 heteroatoms. The summed E-state index contributed by atoms with van der Waals surface area (Å²) in [6, 6.07) is 29.7.